The minimum atomic E-state index is -4.65. The third-order valence-corrected chi connectivity index (χ3v) is 2.55. The number of halogens is 3. The van der Waals surface area contributed by atoms with Crippen LogP contribution in [0.25, 0.3) is 0 Å². The summed E-state index contributed by atoms with van der Waals surface area (Å²) in [4.78, 5) is 0. The Morgan fingerprint density at radius 3 is 2.21 bits per heavy atom. The summed E-state index contributed by atoms with van der Waals surface area (Å²) in [5.74, 6) is 0.622. The minimum Gasteiger partial charge on any atom is -0.497 e. The molecule has 0 spiro atoms. The highest BCUT2D eigenvalue weighted by Crippen LogP contribution is 2.20. The highest BCUT2D eigenvalue weighted by Gasteiger charge is 2.37. The van der Waals surface area contributed by atoms with E-state index in [0.717, 1.165) is 0 Å². The van der Waals surface area contributed by atoms with Gasteiger partial charge in [-0.2, -0.15) is 13.2 Å². The smallest absolute Gasteiger partial charge is 0.415 e. The summed E-state index contributed by atoms with van der Waals surface area (Å²) >= 11 is 0. The van der Waals surface area contributed by atoms with E-state index in [9.17, 15) is 18.3 Å². The second kappa shape index (κ2) is 6.74. The lowest BCUT2D eigenvalue weighted by atomic mass is 10.1. The number of nitrogens with one attached hydrogen (secondary N) is 1. The molecule has 0 aliphatic carbocycles. The van der Waals surface area contributed by atoms with Crippen LogP contribution in [0.1, 0.15) is 11.7 Å². The fourth-order valence-electron chi connectivity index (χ4n) is 1.42. The number of aliphatic hydroxyl groups excluding tert-OH is 2. The molecular weight excluding hydrogens is 263 g/mol. The van der Waals surface area contributed by atoms with Crippen molar-refractivity contribution in [1.82, 2.24) is 5.32 Å². The summed E-state index contributed by atoms with van der Waals surface area (Å²) in [6, 6.07) is 6.52. The first kappa shape index (κ1) is 15.7. The van der Waals surface area contributed by atoms with E-state index in [1.807, 2.05) is 0 Å². The predicted molar refractivity (Wildman–Crippen MR) is 62.9 cm³/mol. The van der Waals surface area contributed by atoms with Gasteiger partial charge in [-0.3, -0.25) is 0 Å². The van der Waals surface area contributed by atoms with Gasteiger partial charge in [0.15, 0.2) is 6.10 Å². The standard InChI is InChI=1S/C12H16F3NO3/c1-19-9-4-2-8(3-5-9)10(17)6-16-7-11(18)12(13,14)15/h2-5,10-11,16-18H,6-7H2,1H3. The molecule has 1 rings (SSSR count). The van der Waals surface area contributed by atoms with Crippen LogP contribution in [0.3, 0.4) is 0 Å². The van der Waals surface area contributed by atoms with Gasteiger partial charge in [-0.25, -0.2) is 0 Å². The van der Waals surface area contributed by atoms with Gasteiger partial charge in [-0.05, 0) is 17.7 Å². The summed E-state index contributed by atoms with van der Waals surface area (Å²) in [6.07, 6.45) is -8.04. The van der Waals surface area contributed by atoms with Crippen LogP contribution in [-0.4, -0.2) is 42.7 Å². The molecule has 0 radical (unpaired) electrons. The number of alkyl halides is 3. The molecule has 0 aromatic heterocycles. The molecule has 0 saturated heterocycles. The molecule has 7 heteroatoms. The molecule has 0 aliphatic heterocycles. The number of aliphatic hydroxyl groups is 2. The lowest BCUT2D eigenvalue weighted by molar-refractivity contribution is -0.202. The zero-order valence-electron chi connectivity index (χ0n) is 10.3. The molecule has 0 amide bonds. The van der Waals surface area contributed by atoms with Gasteiger partial charge in [0.25, 0.3) is 0 Å². The number of hydrogen-bond donors (Lipinski definition) is 3. The van der Waals surface area contributed by atoms with E-state index >= 15 is 0 Å². The highest BCUT2D eigenvalue weighted by molar-refractivity contribution is 5.28. The maximum Gasteiger partial charge on any atom is 0.415 e. The first-order valence-corrected chi connectivity index (χ1v) is 5.62. The summed E-state index contributed by atoms with van der Waals surface area (Å²) in [5, 5.41) is 20.9. The van der Waals surface area contributed by atoms with E-state index < -0.39 is 24.9 Å². The summed E-state index contributed by atoms with van der Waals surface area (Å²) in [7, 11) is 1.51. The van der Waals surface area contributed by atoms with Gasteiger partial charge in [0, 0.05) is 13.1 Å². The largest absolute Gasteiger partial charge is 0.497 e. The van der Waals surface area contributed by atoms with E-state index in [0.29, 0.717) is 11.3 Å². The van der Waals surface area contributed by atoms with Crippen molar-refractivity contribution in [3.63, 3.8) is 0 Å². The Kier molecular flexibility index (Phi) is 5.59. The molecule has 1 aromatic rings. The number of ether oxygens (including phenoxy) is 1. The zero-order chi connectivity index (χ0) is 14.5. The maximum absolute atomic E-state index is 12.0. The third kappa shape index (κ3) is 5.06. The van der Waals surface area contributed by atoms with E-state index in [1.165, 1.54) is 7.11 Å². The van der Waals surface area contributed by atoms with E-state index in [2.05, 4.69) is 5.32 Å². The monoisotopic (exact) mass is 279 g/mol. The Morgan fingerprint density at radius 1 is 1.16 bits per heavy atom. The molecule has 0 saturated carbocycles. The van der Waals surface area contributed by atoms with Crippen molar-refractivity contribution in [2.75, 3.05) is 20.2 Å². The van der Waals surface area contributed by atoms with Gasteiger partial charge in [-0.1, -0.05) is 12.1 Å². The Balaban J connectivity index is 2.40. The predicted octanol–water partition coefficient (Wildman–Crippen LogP) is 1.24. The molecule has 0 aliphatic rings. The van der Waals surface area contributed by atoms with Crippen LogP contribution in [0.2, 0.25) is 0 Å². The Labute approximate surface area is 108 Å². The number of methoxy groups -OCH3 is 1. The summed E-state index contributed by atoms with van der Waals surface area (Å²) < 4.78 is 41.0. The Bertz CT molecular complexity index is 381. The van der Waals surface area contributed by atoms with Crippen molar-refractivity contribution in [3.05, 3.63) is 29.8 Å². The molecule has 2 atom stereocenters. The number of benzene rings is 1. The van der Waals surface area contributed by atoms with Crippen molar-refractivity contribution in [3.8, 4) is 5.75 Å². The first-order valence-electron chi connectivity index (χ1n) is 5.62. The van der Waals surface area contributed by atoms with Crippen molar-refractivity contribution in [1.29, 1.82) is 0 Å². The molecule has 2 unspecified atom stereocenters. The van der Waals surface area contributed by atoms with E-state index in [1.54, 1.807) is 24.3 Å². The second-order valence-electron chi connectivity index (χ2n) is 4.00. The molecular formula is C12H16F3NO3. The van der Waals surface area contributed by atoms with Gasteiger partial charge in [0.1, 0.15) is 5.75 Å². The number of rotatable bonds is 6. The molecule has 19 heavy (non-hydrogen) atoms. The molecule has 3 N–H and O–H groups in total. The SMILES string of the molecule is COc1ccc(C(O)CNCC(O)C(F)(F)F)cc1. The fraction of sp³-hybridized carbons (Fsp3) is 0.500. The molecule has 0 heterocycles. The molecule has 0 bridgehead atoms. The van der Waals surface area contributed by atoms with E-state index in [-0.39, 0.29) is 6.54 Å². The molecule has 108 valence electrons. The van der Waals surface area contributed by atoms with Crippen molar-refractivity contribution < 1.29 is 28.1 Å². The quantitative estimate of drug-likeness (QED) is 0.733. The topological polar surface area (TPSA) is 61.7 Å². The van der Waals surface area contributed by atoms with Crippen molar-refractivity contribution in [2.45, 2.75) is 18.4 Å². The lowest BCUT2D eigenvalue weighted by Crippen LogP contribution is -2.39. The van der Waals surface area contributed by atoms with Crippen LogP contribution < -0.4 is 10.1 Å². The average molecular weight is 279 g/mol. The second-order valence-corrected chi connectivity index (χ2v) is 4.00. The van der Waals surface area contributed by atoms with Crippen molar-refractivity contribution >= 4 is 0 Å². The van der Waals surface area contributed by atoms with Crippen LogP contribution in [-0.2, 0) is 0 Å². The normalized spacial score (nSPS) is 15.1. The lowest BCUT2D eigenvalue weighted by Gasteiger charge is -2.17. The first-order chi connectivity index (χ1) is 8.84. The summed E-state index contributed by atoms with van der Waals surface area (Å²) in [5.41, 5.74) is 0.551. The number of hydrogen-bond acceptors (Lipinski definition) is 4. The van der Waals surface area contributed by atoms with Crippen LogP contribution in [0.15, 0.2) is 24.3 Å². The van der Waals surface area contributed by atoms with Crippen LogP contribution in [0.4, 0.5) is 13.2 Å². The van der Waals surface area contributed by atoms with Gasteiger partial charge in [-0.15, -0.1) is 0 Å². The van der Waals surface area contributed by atoms with Crippen LogP contribution in [0.5, 0.6) is 5.75 Å². The fourth-order valence-corrected chi connectivity index (χ4v) is 1.42. The zero-order valence-corrected chi connectivity index (χ0v) is 10.3. The van der Waals surface area contributed by atoms with Crippen molar-refractivity contribution in [2.24, 2.45) is 0 Å². The molecule has 0 fully saturated rings. The van der Waals surface area contributed by atoms with Gasteiger partial charge in [0.05, 0.1) is 13.2 Å². The average Bonchev–Trinajstić information content (AvgIpc) is 2.37. The summed E-state index contributed by atoms with van der Waals surface area (Å²) in [6.45, 7) is -0.740. The van der Waals surface area contributed by atoms with Gasteiger partial charge in [0.2, 0.25) is 0 Å². The van der Waals surface area contributed by atoms with Gasteiger partial charge < -0.3 is 20.3 Å². The van der Waals surface area contributed by atoms with Gasteiger partial charge >= 0.3 is 6.18 Å². The molecule has 1 aromatic carbocycles. The highest BCUT2D eigenvalue weighted by atomic mass is 19.4. The third-order valence-electron chi connectivity index (χ3n) is 2.55. The Hall–Kier alpha value is -1.31. The van der Waals surface area contributed by atoms with E-state index in [4.69, 9.17) is 9.84 Å². The maximum atomic E-state index is 12.0. The molecule has 4 nitrogen and oxygen atoms in total. The Morgan fingerprint density at radius 2 is 1.74 bits per heavy atom. The minimum absolute atomic E-state index is 0.0839. The van der Waals surface area contributed by atoms with Crippen LogP contribution >= 0.6 is 0 Å². The van der Waals surface area contributed by atoms with Crippen LogP contribution in [0, 0.1) is 0 Å².